The second-order valence-electron chi connectivity index (χ2n) is 7.33. The summed E-state index contributed by atoms with van der Waals surface area (Å²) in [6, 6.07) is 20.7. The Labute approximate surface area is 196 Å². The maximum absolute atomic E-state index is 12.5. The fourth-order valence-electron chi connectivity index (χ4n) is 3.25. The van der Waals surface area contributed by atoms with Gasteiger partial charge in [0, 0.05) is 10.2 Å². The van der Waals surface area contributed by atoms with Crippen LogP contribution in [-0.2, 0) is 11.4 Å². The summed E-state index contributed by atoms with van der Waals surface area (Å²) >= 11 is 3.35. The van der Waals surface area contributed by atoms with Crippen molar-refractivity contribution in [3.63, 3.8) is 0 Å². The molecule has 5 nitrogen and oxygen atoms in total. The number of amides is 1. The second kappa shape index (κ2) is 10.7. The van der Waals surface area contributed by atoms with Gasteiger partial charge in [0.25, 0.3) is 5.91 Å². The third-order valence-electron chi connectivity index (χ3n) is 4.64. The number of carbonyl (C=O) groups excluding carboxylic acids is 1. The van der Waals surface area contributed by atoms with Crippen molar-refractivity contribution in [1.82, 2.24) is 0 Å². The van der Waals surface area contributed by atoms with Crippen LogP contribution in [0.1, 0.15) is 22.3 Å². The van der Waals surface area contributed by atoms with Crippen LogP contribution in [0.4, 0.5) is 5.69 Å². The van der Waals surface area contributed by atoms with Crippen LogP contribution in [0.5, 0.6) is 11.5 Å². The summed E-state index contributed by atoms with van der Waals surface area (Å²) in [7, 11) is 1.55. The number of carbonyl (C=O) groups is 1. The van der Waals surface area contributed by atoms with E-state index in [1.54, 1.807) is 37.4 Å². The molecule has 3 rings (SSSR count). The minimum absolute atomic E-state index is 0.0149. The lowest BCUT2D eigenvalue weighted by atomic mass is 10.1. The maximum Gasteiger partial charge on any atom is 0.266 e. The summed E-state index contributed by atoms with van der Waals surface area (Å²) in [5, 5.41) is 12.2. The Morgan fingerprint density at radius 1 is 1.03 bits per heavy atom. The SMILES string of the molecule is COc1cc(/C=C(\C#N)C(=O)Nc2ccc(Br)cc2)ccc1OCc1cc(C)cc(C)c1. The zero-order valence-electron chi connectivity index (χ0n) is 18.1. The van der Waals surface area contributed by atoms with E-state index in [2.05, 4.69) is 53.3 Å². The van der Waals surface area contributed by atoms with Crippen LogP contribution in [0, 0.1) is 25.2 Å². The van der Waals surface area contributed by atoms with Crippen LogP contribution >= 0.6 is 15.9 Å². The van der Waals surface area contributed by atoms with Crippen LogP contribution in [0.15, 0.2) is 70.7 Å². The van der Waals surface area contributed by atoms with Crippen molar-refractivity contribution in [3.8, 4) is 17.6 Å². The van der Waals surface area contributed by atoms with E-state index in [1.165, 1.54) is 17.2 Å². The predicted octanol–water partition coefficient (Wildman–Crippen LogP) is 6.20. The third-order valence-corrected chi connectivity index (χ3v) is 5.17. The first-order chi connectivity index (χ1) is 15.4. The average Bonchev–Trinajstić information content (AvgIpc) is 2.77. The number of ether oxygens (including phenoxy) is 2. The highest BCUT2D eigenvalue weighted by molar-refractivity contribution is 9.10. The minimum atomic E-state index is -0.482. The molecule has 0 heterocycles. The Kier molecular flexibility index (Phi) is 7.69. The summed E-state index contributed by atoms with van der Waals surface area (Å²) in [4.78, 5) is 12.5. The molecule has 0 bridgehead atoms. The van der Waals surface area contributed by atoms with Gasteiger partial charge in [0.15, 0.2) is 11.5 Å². The topological polar surface area (TPSA) is 71.3 Å². The second-order valence-corrected chi connectivity index (χ2v) is 8.24. The standard InChI is InChI=1S/C26H23BrN2O3/c1-17-10-18(2)12-20(11-17)16-32-24-9-4-19(14-25(24)31-3)13-21(15-28)26(30)29-23-7-5-22(27)6-8-23/h4-14H,16H2,1-3H3,(H,29,30)/b21-13+. The molecule has 6 heteroatoms. The Morgan fingerprint density at radius 2 is 1.72 bits per heavy atom. The normalized spacial score (nSPS) is 10.9. The minimum Gasteiger partial charge on any atom is -0.493 e. The number of hydrogen-bond acceptors (Lipinski definition) is 4. The van der Waals surface area contributed by atoms with E-state index in [0.717, 1.165) is 10.0 Å². The fraction of sp³-hybridized carbons (Fsp3) is 0.154. The van der Waals surface area contributed by atoms with Crippen molar-refractivity contribution in [1.29, 1.82) is 5.26 Å². The lowest BCUT2D eigenvalue weighted by Gasteiger charge is -2.12. The Bertz CT molecular complexity index is 1170. The van der Waals surface area contributed by atoms with E-state index in [9.17, 15) is 10.1 Å². The first-order valence-corrected chi connectivity index (χ1v) is 10.7. The molecule has 0 radical (unpaired) electrons. The number of methoxy groups -OCH3 is 1. The molecule has 0 spiro atoms. The summed E-state index contributed by atoms with van der Waals surface area (Å²) in [6.07, 6.45) is 1.52. The summed E-state index contributed by atoms with van der Waals surface area (Å²) < 4.78 is 12.3. The fourth-order valence-corrected chi connectivity index (χ4v) is 3.52. The zero-order valence-corrected chi connectivity index (χ0v) is 19.7. The molecule has 0 aliphatic carbocycles. The van der Waals surface area contributed by atoms with Gasteiger partial charge < -0.3 is 14.8 Å². The van der Waals surface area contributed by atoms with Gasteiger partial charge in [-0.1, -0.05) is 51.3 Å². The first kappa shape index (κ1) is 23.1. The molecule has 0 saturated heterocycles. The van der Waals surface area contributed by atoms with E-state index < -0.39 is 5.91 Å². The van der Waals surface area contributed by atoms with Crippen molar-refractivity contribution < 1.29 is 14.3 Å². The molecule has 0 aliphatic rings. The van der Waals surface area contributed by atoms with Crippen molar-refractivity contribution in [2.75, 3.05) is 12.4 Å². The number of anilines is 1. The van der Waals surface area contributed by atoms with Crippen LogP contribution in [0.25, 0.3) is 6.08 Å². The van der Waals surface area contributed by atoms with Gasteiger partial charge in [-0.3, -0.25) is 4.79 Å². The van der Waals surface area contributed by atoms with Crippen LogP contribution in [-0.4, -0.2) is 13.0 Å². The van der Waals surface area contributed by atoms with E-state index >= 15 is 0 Å². The lowest BCUT2D eigenvalue weighted by Crippen LogP contribution is -2.13. The average molecular weight is 491 g/mol. The quantitative estimate of drug-likeness (QED) is 0.316. The molecule has 0 saturated carbocycles. The van der Waals surface area contributed by atoms with Gasteiger partial charge in [-0.15, -0.1) is 0 Å². The van der Waals surface area contributed by atoms with Crippen molar-refractivity contribution in [2.24, 2.45) is 0 Å². The van der Waals surface area contributed by atoms with E-state index in [0.29, 0.717) is 29.4 Å². The summed E-state index contributed by atoms with van der Waals surface area (Å²) in [5.41, 5.74) is 4.68. The molecule has 0 atom stereocenters. The van der Waals surface area contributed by atoms with Gasteiger partial charge in [-0.25, -0.2) is 0 Å². The Balaban J connectivity index is 1.75. The number of benzene rings is 3. The molecular formula is C26H23BrN2O3. The number of nitriles is 1. The van der Waals surface area contributed by atoms with Gasteiger partial charge in [0.2, 0.25) is 0 Å². The number of nitrogens with zero attached hydrogens (tertiary/aromatic N) is 1. The molecule has 162 valence electrons. The number of rotatable bonds is 7. The molecule has 3 aromatic carbocycles. The number of aryl methyl sites for hydroxylation is 2. The molecule has 0 fully saturated rings. The molecular weight excluding hydrogens is 468 g/mol. The van der Waals surface area contributed by atoms with E-state index in [4.69, 9.17) is 9.47 Å². The van der Waals surface area contributed by atoms with Gasteiger partial charge in [-0.05, 0) is 67.4 Å². The largest absolute Gasteiger partial charge is 0.493 e. The zero-order chi connectivity index (χ0) is 23.1. The lowest BCUT2D eigenvalue weighted by molar-refractivity contribution is -0.112. The van der Waals surface area contributed by atoms with E-state index in [1.807, 2.05) is 18.2 Å². The molecule has 32 heavy (non-hydrogen) atoms. The summed E-state index contributed by atoms with van der Waals surface area (Å²) in [6.45, 7) is 4.52. The Morgan fingerprint density at radius 3 is 2.34 bits per heavy atom. The molecule has 1 amide bonds. The van der Waals surface area contributed by atoms with Crippen LogP contribution in [0.3, 0.4) is 0 Å². The van der Waals surface area contributed by atoms with Gasteiger partial charge in [-0.2, -0.15) is 5.26 Å². The van der Waals surface area contributed by atoms with Gasteiger partial charge in [0.05, 0.1) is 7.11 Å². The number of hydrogen-bond donors (Lipinski definition) is 1. The highest BCUT2D eigenvalue weighted by Crippen LogP contribution is 2.30. The molecule has 0 unspecified atom stereocenters. The predicted molar refractivity (Wildman–Crippen MR) is 130 cm³/mol. The maximum atomic E-state index is 12.5. The highest BCUT2D eigenvalue weighted by atomic mass is 79.9. The third kappa shape index (κ3) is 6.22. The molecule has 0 aliphatic heterocycles. The van der Waals surface area contributed by atoms with Crippen LogP contribution < -0.4 is 14.8 Å². The smallest absolute Gasteiger partial charge is 0.266 e. The van der Waals surface area contributed by atoms with Gasteiger partial charge >= 0.3 is 0 Å². The van der Waals surface area contributed by atoms with Crippen molar-refractivity contribution in [3.05, 3.63) is 93.0 Å². The first-order valence-electron chi connectivity index (χ1n) is 9.94. The van der Waals surface area contributed by atoms with E-state index in [-0.39, 0.29) is 5.57 Å². The summed E-state index contributed by atoms with van der Waals surface area (Å²) in [5.74, 6) is 0.624. The monoisotopic (exact) mass is 490 g/mol. The van der Waals surface area contributed by atoms with Crippen LogP contribution in [0.2, 0.25) is 0 Å². The van der Waals surface area contributed by atoms with Crippen molar-refractivity contribution >= 4 is 33.6 Å². The van der Waals surface area contributed by atoms with Crippen molar-refractivity contribution in [2.45, 2.75) is 20.5 Å². The molecule has 0 aromatic heterocycles. The Hall–Kier alpha value is -3.56. The number of nitrogens with one attached hydrogen (secondary N) is 1. The van der Waals surface area contributed by atoms with Gasteiger partial charge in [0.1, 0.15) is 18.2 Å². The molecule has 1 N–H and O–H groups in total. The highest BCUT2D eigenvalue weighted by Gasteiger charge is 2.11. The molecule has 3 aromatic rings. The number of halogens is 1.